The number of nitrogens with zero attached hydrogens (tertiary/aromatic N) is 4. The molecule has 1 atom stereocenters. The van der Waals surface area contributed by atoms with Crippen molar-refractivity contribution in [3.05, 3.63) is 41.4 Å². The van der Waals surface area contributed by atoms with Gasteiger partial charge in [0.15, 0.2) is 0 Å². The van der Waals surface area contributed by atoms with Crippen molar-refractivity contribution >= 4 is 23.6 Å². The molecule has 3 aliphatic heterocycles. The zero-order valence-corrected chi connectivity index (χ0v) is 17.9. The molecule has 33 heavy (non-hydrogen) atoms. The molecule has 0 radical (unpaired) electrons. The Morgan fingerprint density at radius 2 is 2.03 bits per heavy atom. The average molecular weight is 451 g/mol. The first-order chi connectivity index (χ1) is 16.0. The summed E-state index contributed by atoms with van der Waals surface area (Å²) in [5.74, 6) is -0.700. The van der Waals surface area contributed by atoms with Gasteiger partial charge < -0.3 is 14.2 Å². The van der Waals surface area contributed by atoms with Gasteiger partial charge in [-0.1, -0.05) is 17.3 Å². The maximum atomic E-state index is 13.2. The number of imide groups is 2. The van der Waals surface area contributed by atoms with Crippen LogP contribution in [0.25, 0.3) is 11.4 Å². The first-order valence-electron chi connectivity index (χ1n) is 10.6. The molecule has 0 saturated carbocycles. The minimum absolute atomic E-state index is 0.0802. The third-order valence-corrected chi connectivity index (χ3v) is 6.00. The smallest absolute Gasteiger partial charge is 0.278 e. The Bertz CT molecular complexity index is 1200. The fraction of sp³-hybridized carbons (Fsp3) is 0.364. The minimum atomic E-state index is -0.988. The van der Waals surface area contributed by atoms with Crippen molar-refractivity contribution < 1.29 is 28.4 Å². The number of methoxy groups -OCH3 is 1. The molecule has 11 heteroatoms. The second kappa shape index (κ2) is 8.15. The van der Waals surface area contributed by atoms with Gasteiger partial charge in [0.25, 0.3) is 11.8 Å². The molecule has 2 aromatic rings. The van der Waals surface area contributed by atoms with Crippen LogP contribution in [0, 0.1) is 0 Å². The highest BCUT2D eigenvalue weighted by molar-refractivity contribution is 6.21. The fourth-order valence-electron chi connectivity index (χ4n) is 4.42. The number of hydrogen-bond donors (Lipinski definition) is 1. The Kier molecular flexibility index (Phi) is 5.15. The third-order valence-electron chi connectivity index (χ3n) is 6.00. The van der Waals surface area contributed by atoms with E-state index in [0.29, 0.717) is 42.4 Å². The summed E-state index contributed by atoms with van der Waals surface area (Å²) in [7, 11) is 1.57. The van der Waals surface area contributed by atoms with Crippen LogP contribution in [0.2, 0.25) is 0 Å². The van der Waals surface area contributed by atoms with Gasteiger partial charge >= 0.3 is 0 Å². The molecule has 1 saturated heterocycles. The van der Waals surface area contributed by atoms with E-state index in [9.17, 15) is 19.2 Å². The van der Waals surface area contributed by atoms with Gasteiger partial charge in [-0.25, -0.2) is 0 Å². The molecule has 1 aromatic heterocycles. The lowest BCUT2D eigenvalue weighted by molar-refractivity contribution is -0.150. The molecule has 170 valence electrons. The van der Waals surface area contributed by atoms with Crippen molar-refractivity contribution in [1.29, 1.82) is 0 Å². The molecular weight excluding hydrogens is 430 g/mol. The van der Waals surface area contributed by atoms with Crippen LogP contribution in [0.5, 0.6) is 5.75 Å². The van der Waals surface area contributed by atoms with Crippen molar-refractivity contribution in [2.24, 2.45) is 0 Å². The highest BCUT2D eigenvalue weighted by Gasteiger charge is 2.48. The summed E-state index contributed by atoms with van der Waals surface area (Å²) in [6, 6.07) is 6.25. The lowest BCUT2D eigenvalue weighted by Crippen LogP contribution is -2.55. The number of carbonyl (C=O) groups excluding carboxylic acids is 4. The molecule has 0 bridgehead atoms. The van der Waals surface area contributed by atoms with Crippen LogP contribution >= 0.6 is 0 Å². The molecule has 4 heterocycles. The Morgan fingerprint density at radius 3 is 2.82 bits per heavy atom. The second-order valence-electron chi connectivity index (χ2n) is 8.04. The average Bonchev–Trinajstić information content (AvgIpc) is 3.38. The van der Waals surface area contributed by atoms with Gasteiger partial charge in [-0.05, 0) is 31.4 Å². The predicted octanol–water partition coefficient (Wildman–Crippen LogP) is 0.769. The lowest BCUT2D eigenvalue weighted by atomic mass is 10.0. The number of nitrogens with one attached hydrogen (secondary N) is 1. The van der Waals surface area contributed by atoms with E-state index in [1.54, 1.807) is 18.1 Å². The van der Waals surface area contributed by atoms with Crippen LogP contribution < -0.4 is 10.1 Å². The molecule has 5 rings (SSSR count). The van der Waals surface area contributed by atoms with E-state index in [2.05, 4.69) is 15.5 Å². The summed E-state index contributed by atoms with van der Waals surface area (Å²) in [5, 5.41) is 6.23. The number of amides is 4. The molecule has 1 unspecified atom stereocenters. The number of hydrogen-bond acceptors (Lipinski definition) is 9. The summed E-state index contributed by atoms with van der Waals surface area (Å²) in [6.07, 6.45) is 1.31. The van der Waals surface area contributed by atoms with E-state index >= 15 is 0 Å². The number of carbonyl (C=O) groups is 4. The fourth-order valence-corrected chi connectivity index (χ4v) is 4.42. The van der Waals surface area contributed by atoms with Crippen molar-refractivity contribution in [3.8, 4) is 17.1 Å². The van der Waals surface area contributed by atoms with Crippen LogP contribution in [0.4, 0.5) is 0 Å². The molecule has 11 nitrogen and oxygen atoms in total. The van der Waals surface area contributed by atoms with Crippen LogP contribution in [0.3, 0.4) is 0 Å². The maximum absolute atomic E-state index is 13.2. The molecular formula is C22H21N5O6. The molecule has 1 fully saturated rings. The van der Waals surface area contributed by atoms with E-state index in [1.807, 2.05) is 18.2 Å². The molecule has 1 N–H and O–H groups in total. The van der Waals surface area contributed by atoms with E-state index in [-0.39, 0.29) is 25.1 Å². The molecule has 4 amide bonds. The van der Waals surface area contributed by atoms with Crippen molar-refractivity contribution in [2.75, 3.05) is 13.7 Å². The maximum Gasteiger partial charge on any atom is 0.278 e. The quantitative estimate of drug-likeness (QED) is 0.654. The van der Waals surface area contributed by atoms with Crippen LogP contribution in [-0.2, 0) is 25.7 Å². The normalized spacial score (nSPS) is 20.9. The summed E-state index contributed by atoms with van der Waals surface area (Å²) in [4.78, 5) is 57.2. The summed E-state index contributed by atoms with van der Waals surface area (Å²) in [5.41, 5.74) is 1.36. The van der Waals surface area contributed by atoms with E-state index in [1.165, 1.54) is 0 Å². The zero-order valence-electron chi connectivity index (χ0n) is 17.9. The highest BCUT2D eigenvalue weighted by Crippen LogP contribution is 2.34. The molecule has 3 aliphatic rings. The Balaban J connectivity index is 1.37. The summed E-state index contributed by atoms with van der Waals surface area (Å²) in [6.45, 7) is 0.677. The monoisotopic (exact) mass is 451 g/mol. The minimum Gasteiger partial charge on any atom is -0.497 e. The Morgan fingerprint density at radius 1 is 1.18 bits per heavy atom. The summed E-state index contributed by atoms with van der Waals surface area (Å²) >= 11 is 0. The van der Waals surface area contributed by atoms with Crippen LogP contribution in [0.15, 0.2) is 40.1 Å². The van der Waals surface area contributed by atoms with Crippen molar-refractivity contribution in [3.63, 3.8) is 0 Å². The number of aromatic nitrogens is 2. The van der Waals surface area contributed by atoms with Gasteiger partial charge in [0.05, 0.1) is 13.7 Å². The zero-order chi connectivity index (χ0) is 23.1. The van der Waals surface area contributed by atoms with Crippen molar-refractivity contribution in [2.45, 2.75) is 38.3 Å². The van der Waals surface area contributed by atoms with E-state index in [4.69, 9.17) is 9.26 Å². The highest BCUT2D eigenvalue weighted by atomic mass is 16.5. The SMILES string of the molecule is COc1cccc(-c2noc(CN3CCCC4=C3C(=O)N(C3CCC(=O)NC3=O)C4=O)n2)c1. The number of benzene rings is 1. The number of piperidine rings is 1. The van der Waals surface area contributed by atoms with Crippen LogP contribution in [-0.4, -0.2) is 63.3 Å². The van der Waals surface area contributed by atoms with Crippen molar-refractivity contribution in [1.82, 2.24) is 25.3 Å². The Labute approximate surface area is 188 Å². The summed E-state index contributed by atoms with van der Waals surface area (Å²) < 4.78 is 10.6. The largest absolute Gasteiger partial charge is 0.497 e. The van der Waals surface area contributed by atoms with Gasteiger partial charge in [-0.2, -0.15) is 4.98 Å². The first-order valence-corrected chi connectivity index (χ1v) is 10.6. The van der Waals surface area contributed by atoms with Crippen LogP contribution in [0.1, 0.15) is 31.6 Å². The second-order valence-corrected chi connectivity index (χ2v) is 8.04. The topological polar surface area (TPSA) is 135 Å². The van der Waals surface area contributed by atoms with Gasteiger partial charge in [-0.3, -0.25) is 29.4 Å². The number of ether oxygens (including phenoxy) is 1. The van der Waals surface area contributed by atoms with Gasteiger partial charge in [0, 0.05) is 24.1 Å². The first kappa shape index (κ1) is 20.9. The predicted molar refractivity (Wildman–Crippen MR) is 111 cm³/mol. The standard InChI is InChI=1S/C22H21N5O6/c1-32-13-5-2-4-12(10-13)19-24-17(33-25-19)11-26-9-3-6-14-18(26)22(31)27(21(14)30)15-7-8-16(28)23-20(15)29/h2,4-5,10,15H,3,6-9,11H2,1H3,(H,23,28,29). The number of rotatable bonds is 5. The third kappa shape index (κ3) is 3.65. The lowest BCUT2D eigenvalue weighted by Gasteiger charge is -2.29. The molecule has 0 aliphatic carbocycles. The van der Waals surface area contributed by atoms with E-state index < -0.39 is 29.7 Å². The Hall–Kier alpha value is -4.02. The molecule has 0 spiro atoms. The van der Waals surface area contributed by atoms with Gasteiger partial charge in [0.1, 0.15) is 17.5 Å². The van der Waals surface area contributed by atoms with Gasteiger partial charge in [0.2, 0.25) is 23.5 Å². The van der Waals surface area contributed by atoms with E-state index in [0.717, 1.165) is 10.5 Å². The molecule has 1 aromatic carbocycles. The van der Waals surface area contributed by atoms with Gasteiger partial charge in [-0.15, -0.1) is 0 Å².